The van der Waals surface area contributed by atoms with Gasteiger partial charge in [-0.05, 0) is 73.0 Å². The molecule has 2 heterocycles. The second-order valence-corrected chi connectivity index (χ2v) is 9.43. The lowest BCUT2D eigenvalue weighted by Gasteiger charge is -2.12. The van der Waals surface area contributed by atoms with Crippen LogP contribution in [0.25, 0.3) is 22.1 Å². The maximum absolute atomic E-state index is 13.0. The van der Waals surface area contributed by atoms with Crippen LogP contribution < -0.4 is 24.3 Å². The van der Waals surface area contributed by atoms with E-state index >= 15 is 0 Å². The molecule has 0 saturated heterocycles. The summed E-state index contributed by atoms with van der Waals surface area (Å²) in [4.78, 5) is 18.3. The van der Waals surface area contributed by atoms with Gasteiger partial charge in [-0.25, -0.2) is 9.38 Å². The number of ether oxygens (including phenoxy) is 3. The molecule has 0 radical (unpaired) electrons. The number of thiazole rings is 1. The lowest BCUT2D eigenvalue weighted by atomic mass is 10.1. The first-order valence-corrected chi connectivity index (χ1v) is 12.3. The van der Waals surface area contributed by atoms with Crippen LogP contribution in [0.15, 0.2) is 65.5 Å². The van der Waals surface area contributed by atoms with Crippen molar-refractivity contribution in [2.45, 2.75) is 20.3 Å². The fraction of sp³-hybridized carbons (Fsp3) is 0.214. The number of aromatic nitrogens is 2. The van der Waals surface area contributed by atoms with E-state index in [0.29, 0.717) is 34.2 Å². The van der Waals surface area contributed by atoms with E-state index in [1.807, 2.05) is 60.7 Å². The fourth-order valence-corrected chi connectivity index (χ4v) is 5.09. The lowest BCUT2D eigenvalue weighted by Crippen LogP contribution is -2.22. The molecule has 0 atom stereocenters. The van der Waals surface area contributed by atoms with Gasteiger partial charge in [0.25, 0.3) is 5.56 Å². The number of aryl methyl sites for hydroxylation is 2. The highest BCUT2D eigenvalue weighted by molar-refractivity contribution is 7.15. The number of nitrogens with zero attached hydrogens (tertiary/aromatic N) is 2. The second-order valence-electron chi connectivity index (χ2n) is 8.42. The first kappa shape index (κ1) is 22.9. The Bertz CT molecular complexity index is 1600. The van der Waals surface area contributed by atoms with Crippen LogP contribution in [0.2, 0.25) is 0 Å². The van der Waals surface area contributed by atoms with Crippen molar-refractivity contribution in [2.24, 2.45) is 0 Å². The summed E-state index contributed by atoms with van der Waals surface area (Å²) in [6.45, 7) is 5.20. The monoisotopic (exact) mass is 486 g/mol. The van der Waals surface area contributed by atoms with Gasteiger partial charge in [-0.1, -0.05) is 35.6 Å². The van der Waals surface area contributed by atoms with Gasteiger partial charge in [0.2, 0.25) is 0 Å². The lowest BCUT2D eigenvalue weighted by molar-refractivity contribution is 0.240. The van der Waals surface area contributed by atoms with E-state index in [2.05, 4.69) is 24.9 Å². The van der Waals surface area contributed by atoms with Crippen LogP contribution in [0.5, 0.6) is 17.2 Å². The summed E-state index contributed by atoms with van der Waals surface area (Å²) in [6.07, 6.45) is 2.60. The third kappa shape index (κ3) is 4.86. The van der Waals surface area contributed by atoms with Gasteiger partial charge in [0.15, 0.2) is 16.5 Å². The van der Waals surface area contributed by atoms with Crippen molar-refractivity contribution in [3.63, 3.8) is 0 Å². The molecule has 0 bridgehead atoms. The molecule has 3 aromatic carbocycles. The molecule has 5 rings (SSSR count). The Hall–Kier alpha value is -3.84. The first-order valence-electron chi connectivity index (χ1n) is 11.5. The van der Waals surface area contributed by atoms with E-state index in [0.717, 1.165) is 28.8 Å². The summed E-state index contributed by atoms with van der Waals surface area (Å²) in [7, 11) is 1.61. The number of methoxy groups -OCH3 is 1. The molecule has 178 valence electrons. The van der Waals surface area contributed by atoms with Crippen LogP contribution >= 0.6 is 11.3 Å². The van der Waals surface area contributed by atoms with E-state index in [9.17, 15) is 4.79 Å². The van der Waals surface area contributed by atoms with Crippen LogP contribution in [-0.2, 0) is 0 Å². The molecule has 0 aliphatic heterocycles. The summed E-state index contributed by atoms with van der Waals surface area (Å²) in [5.74, 6) is 2.16. The van der Waals surface area contributed by atoms with Gasteiger partial charge < -0.3 is 14.2 Å². The average Bonchev–Trinajstić information content (AvgIpc) is 3.34. The van der Waals surface area contributed by atoms with Crippen LogP contribution in [0.1, 0.15) is 23.1 Å². The Balaban J connectivity index is 1.27. The molecule has 5 aromatic rings. The minimum Gasteiger partial charge on any atom is -0.493 e. The Morgan fingerprint density at radius 1 is 0.943 bits per heavy atom. The molecule has 6 nitrogen and oxygen atoms in total. The molecule has 0 N–H and O–H groups in total. The quantitative estimate of drug-likeness (QED) is 0.291. The Labute approximate surface area is 207 Å². The van der Waals surface area contributed by atoms with Crippen LogP contribution in [-0.4, -0.2) is 29.7 Å². The molecule has 2 aromatic heterocycles. The number of rotatable bonds is 8. The largest absolute Gasteiger partial charge is 0.493 e. The predicted molar refractivity (Wildman–Crippen MR) is 140 cm³/mol. The zero-order chi connectivity index (χ0) is 24.4. The molecule has 0 unspecified atom stereocenters. The molecule has 7 heteroatoms. The summed E-state index contributed by atoms with van der Waals surface area (Å²) >= 11 is 1.38. The SMILES string of the molecule is COc1cc(C=c2sc3nc4ccccc4n3c2=O)ccc1OCCCOc1cc(C)cc(C)c1. The normalized spacial score (nSPS) is 11.9. The van der Waals surface area contributed by atoms with Crippen LogP contribution in [0, 0.1) is 13.8 Å². The van der Waals surface area contributed by atoms with Crippen LogP contribution in [0.3, 0.4) is 0 Å². The Morgan fingerprint density at radius 3 is 2.51 bits per heavy atom. The predicted octanol–water partition coefficient (Wildman–Crippen LogP) is 4.93. The Morgan fingerprint density at radius 2 is 1.71 bits per heavy atom. The summed E-state index contributed by atoms with van der Waals surface area (Å²) in [5.41, 5.74) is 4.81. The third-order valence-electron chi connectivity index (χ3n) is 5.64. The van der Waals surface area contributed by atoms with Gasteiger partial charge in [0, 0.05) is 6.42 Å². The van der Waals surface area contributed by atoms with E-state index in [1.165, 1.54) is 22.5 Å². The van der Waals surface area contributed by atoms with Gasteiger partial charge in [0.1, 0.15) is 5.75 Å². The second kappa shape index (κ2) is 9.80. The van der Waals surface area contributed by atoms with Crippen molar-refractivity contribution in [3.05, 3.63) is 92.2 Å². The minimum absolute atomic E-state index is 0.0678. The molecule has 35 heavy (non-hydrogen) atoms. The molecule has 0 amide bonds. The summed E-state index contributed by atoms with van der Waals surface area (Å²) < 4.78 is 19.6. The summed E-state index contributed by atoms with van der Waals surface area (Å²) in [5, 5.41) is 0. The number of hydrogen-bond acceptors (Lipinski definition) is 6. The first-order chi connectivity index (χ1) is 17.0. The van der Waals surface area contributed by atoms with Gasteiger partial charge in [-0.15, -0.1) is 0 Å². The summed E-state index contributed by atoms with van der Waals surface area (Å²) in [6, 6.07) is 19.5. The number of para-hydroxylation sites is 2. The fourth-order valence-electron chi connectivity index (χ4n) is 4.10. The Kier molecular flexibility index (Phi) is 6.42. The molecule has 0 aliphatic rings. The van der Waals surface area contributed by atoms with E-state index in [-0.39, 0.29) is 5.56 Å². The molecule has 0 aliphatic carbocycles. The smallest absolute Gasteiger partial charge is 0.274 e. The van der Waals surface area contributed by atoms with Crippen molar-refractivity contribution in [1.82, 2.24) is 9.38 Å². The highest BCUT2D eigenvalue weighted by Crippen LogP contribution is 2.28. The van der Waals surface area contributed by atoms with Gasteiger partial charge >= 0.3 is 0 Å². The van der Waals surface area contributed by atoms with E-state index in [4.69, 9.17) is 14.2 Å². The molecular weight excluding hydrogens is 460 g/mol. The van der Waals surface area contributed by atoms with E-state index < -0.39 is 0 Å². The highest BCUT2D eigenvalue weighted by atomic mass is 32.1. The third-order valence-corrected chi connectivity index (χ3v) is 6.61. The zero-order valence-electron chi connectivity index (χ0n) is 19.9. The van der Waals surface area contributed by atoms with Crippen molar-refractivity contribution in [2.75, 3.05) is 20.3 Å². The number of hydrogen-bond donors (Lipinski definition) is 0. The highest BCUT2D eigenvalue weighted by Gasteiger charge is 2.11. The van der Waals surface area contributed by atoms with Gasteiger partial charge in [-0.2, -0.15) is 0 Å². The maximum atomic E-state index is 13.0. The average molecular weight is 487 g/mol. The van der Waals surface area contributed by atoms with Gasteiger partial charge in [-0.3, -0.25) is 4.79 Å². The van der Waals surface area contributed by atoms with E-state index in [1.54, 1.807) is 11.5 Å². The molecule has 0 fully saturated rings. The molecular formula is C28H26N2O4S. The number of fused-ring (bicyclic) bond motifs is 3. The van der Waals surface area contributed by atoms with Crippen LogP contribution in [0.4, 0.5) is 0 Å². The number of benzene rings is 3. The number of imidazole rings is 1. The van der Waals surface area contributed by atoms with Crippen molar-refractivity contribution in [3.8, 4) is 17.2 Å². The van der Waals surface area contributed by atoms with Crippen molar-refractivity contribution in [1.29, 1.82) is 0 Å². The van der Waals surface area contributed by atoms with Crippen molar-refractivity contribution < 1.29 is 14.2 Å². The zero-order valence-corrected chi connectivity index (χ0v) is 20.7. The topological polar surface area (TPSA) is 62.1 Å². The molecule has 0 spiro atoms. The van der Waals surface area contributed by atoms with Gasteiger partial charge in [0.05, 0.1) is 35.9 Å². The maximum Gasteiger partial charge on any atom is 0.274 e. The minimum atomic E-state index is -0.0678. The standard InChI is InChI=1S/C28H26N2O4S/c1-18-13-19(2)15-21(14-18)33-11-6-12-34-24-10-9-20(16-25(24)32-3)17-26-27(31)30-23-8-5-4-7-22(23)29-28(30)35-26/h4-5,7-10,13-17H,6,11-12H2,1-3H3. The van der Waals surface area contributed by atoms with Crippen molar-refractivity contribution >= 4 is 33.4 Å². The molecule has 0 saturated carbocycles.